The Balaban J connectivity index is 1.53. The maximum atomic E-state index is 12.6. The molecule has 8 heteroatoms. The van der Waals surface area contributed by atoms with Crippen molar-refractivity contribution < 1.29 is 14.3 Å². The number of hydrogen-bond donors (Lipinski definition) is 1. The number of carbonyl (C=O) groups is 1. The molecule has 2 heterocycles. The molecule has 1 aromatic heterocycles. The highest BCUT2D eigenvalue weighted by Gasteiger charge is 2.19. The summed E-state index contributed by atoms with van der Waals surface area (Å²) in [5.41, 5.74) is 1.34. The fraction of sp³-hybridized carbons (Fsp3) is 0.250. The Morgan fingerprint density at radius 2 is 1.96 bits per heavy atom. The first-order chi connectivity index (χ1) is 13.5. The van der Waals surface area contributed by atoms with E-state index < -0.39 is 0 Å². The van der Waals surface area contributed by atoms with Crippen LogP contribution in [-0.2, 0) is 11.3 Å². The number of hydrogen-bond acceptors (Lipinski definition) is 5. The number of aromatic nitrogens is 2. The van der Waals surface area contributed by atoms with Gasteiger partial charge in [0.05, 0.1) is 17.8 Å². The normalized spacial score (nSPS) is 13.9. The van der Waals surface area contributed by atoms with Gasteiger partial charge in [0.15, 0.2) is 11.5 Å². The van der Waals surface area contributed by atoms with E-state index in [1.165, 1.54) is 10.9 Å². The van der Waals surface area contributed by atoms with Crippen LogP contribution in [0, 0.1) is 0 Å². The molecule has 144 valence electrons. The fourth-order valence-electron chi connectivity index (χ4n) is 3.20. The van der Waals surface area contributed by atoms with Crippen LogP contribution in [0.15, 0.2) is 51.9 Å². The Bertz CT molecular complexity index is 1110. The van der Waals surface area contributed by atoms with Crippen LogP contribution in [0.1, 0.15) is 18.5 Å². The first-order valence-electron chi connectivity index (χ1n) is 8.86. The van der Waals surface area contributed by atoms with Crippen molar-refractivity contribution in [2.24, 2.45) is 0 Å². The number of ether oxygens (including phenoxy) is 2. The Kier molecular flexibility index (Phi) is 5.04. The van der Waals surface area contributed by atoms with Crippen molar-refractivity contribution >= 4 is 32.7 Å². The smallest absolute Gasteiger partial charge is 0.242 e. The Labute approximate surface area is 169 Å². The molecule has 1 atom stereocenters. The summed E-state index contributed by atoms with van der Waals surface area (Å²) in [5.74, 6) is 1.14. The average Bonchev–Trinajstić information content (AvgIpc) is 2.69. The average molecular weight is 444 g/mol. The molecule has 2 aromatic carbocycles. The summed E-state index contributed by atoms with van der Waals surface area (Å²) >= 11 is 3.53. The van der Waals surface area contributed by atoms with Gasteiger partial charge in [0.25, 0.3) is 0 Å². The van der Waals surface area contributed by atoms with E-state index in [9.17, 15) is 9.59 Å². The molecule has 1 N–H and O–H groups in total. The van der Waals surface area contributed by atoms with Crippen molar-refractivity contribution in [3.8, 4) is 11.5 Å². The molecule has 4 rings (SSSR count). The summed E-state index contributed by atoms with van der Waals surface area (Å²) in [5, 5.41) is 7.60. The van der Waals surface area contributed by atoms with Gasteiger partial charge in [0.1, 0.15) is 19.8 Å². The number of amides is 1. The molecule has 28 heavy (non-hydrogen) atoms. The number of rotatable bonds is 4. The molecule has 0 saturated carbocycles. The van der Waals surface area contributed by atoms with E-state index in [-0.39, 0.29) is 23.9 Å². The minimum Gasteiger partial charge on any atom is -0.486 e. The summed E-state index contributed by atoms with van der Waals surface area (Å²) in [6.07, 6.45) is 1.23. The lowest BCUT2D eigenvalue weighted by molar-refractivity contribution is -0.122. The van der Waals surface area contributed by atoms with E-state index in [2.05, 4.69) is 26.3 Å². The van der Waals surface area contributed by atoms with Crippen molar-refractivity contribution in [3.05, 3.63) is 62.9 Å². The minimum atomic E-state index is -0.261. The Morgan fingerprint density at radius 3 is 2.75 bits per heavy atom. The monoisotopic (exact) mass is 443 g/mol. The lowest BCUT2D eigenvalue weighted by Crippen LogP contribution is -2.31. The van der Waals surface area contributed by atoms with Gasteiger partial charge in [-0.1, -0.05) is 28.1 Å². The second-order valence-corrected chi connectivity index (χ2v) is 7.34. The molecule has 0 radical (unpaired) electrons. The molecule has 1 amide bonds. The van der Waals surface area contributed by atoms with E-state index in [1.54, 1.807) is 18.2 Å². The Morgan fingerprint density at radius 1 is 1.25 bits per heavy atom. The molecule has 3 aromatic rings. The standard InChI is InChI=1S/C20H18BrN3O4/c1-12(14-8-18-19(9-15(14)21)28-7-6-27-18)23-20(26)11-24-16-5-3-2-4-13(16)17(25)10-22-24/h2-5,8-10,12H,6-7,11H2,1H3,(H,23,26). The van der Waals surface area contributed by atoms with Crippen LogP contribution >= 0.6 is 15.9 Å². The van der Waals surface area contributed by atoms with Gasteiger partial charge in [-0.3, -0.25) is 14.3 Å². The molecule has 1 aliphatic rings. The molecule has 0 bridgehead atoms. The van der Waals surface area contributed by atoms with Crippen LogP contribution in [0.4, 0.5) is 0 Å². The van der Waals surface area contributed by atoms with Crippen molar-refractivity contribution in [2.45, 2.75) is 19.5 Å². The molecule has 1 unspecified atom stereocenters. The maximum Gasteiger partial charge on any atom is 0.242 e. The molecule has 0 saturated heterocycles. The van der Waals surface area contributed by atoms with Crippen molar-refractivity contribution in [2.75, 3.05) is 13.2 Å². The lowest BCUT2D eigenvalue weighted by Gasteiger charge is -2.22. The van der Waals surface area contributed by atoms with E-state index in [0.717, 1.165) is 10.0 Å². The van der Waals surface area contributed by atoms with E-state index in [0.29, 0.717) is 35.6 Å². The third-order valence-corrected chi connectivity index (χ3v) is 5.25. The molecule has 0 fully saturated rings. The van der Waals surface area contributed by atoms with Gasteiger partial charge in [0, 0.05) is 9.86 Å². The van der Waals surface area contributed by atoms with Crippen LogP contribution < -0.4 is 20.2 Å². The largest absolute Gasteiger partial charge is 0.486 e. The van der Waals surface area contributed by atoms with E-state index in [4.69, 9.17) is 9.47 Å². The van der Waals surface area contributed by atoms with Crippen LogP contribution in [0.2, 0.25) is 0 Å². The highest BCUT2D eigenvalue weighted by Crippen LogP contribution is 2.37. The Hall–Kier alpha value is -2.87. The molecular weight excluding hydrogens is 426 g/mol. The topological polar surface area (TPSA) is 82.5 Å². The van der Waals surface area contributed by atoms with Gasteiger partial charge in [-0.2, -0.15) is 5.10 Å². The number of para-hydroxylation sites is 1. The molecule has 0 aliphatic carbocycles. The van der Waals surface area contributed by atoms with Crippen LogP contribution in [0.5, 0.6) is 11.5 Å². The first-order valence-corrected chi connectivity index (χ1v) is 9.65. The number of nitrogens with one attached hydrogen (secondary N) is 1. The SMILES string of the molecule is CC(NC(=O)Cn1ncc(=O)c2ccccc21)c1cc2c(cc1Br)OCCO2. The molecular formula is C20H18BrN3O4. The van der Waals surface area contributed by atoms with Gasteiger partial charge in [0.2, 0.25) is 11.3 Å². The van der Waals surface area contributed by atoms with Crippen molar-refractivity contribution in [1.82, 2.24) is 15.1 Å². The van der Waals surface area contributed by atoms with Crippen LogP contribution in [-0.4, -0.2) is 28.9 Å². The zero-order valence-electron chi connectivity index (χ0n) is 15.1. The van der Waals surface area contributed by atoms with Crippen molar-refractivity contribution in [1.29, 1.82) is 0 Å². The number of halogens is 1. The molecule has 1 aliphatic heterocycles. The second-order valence-electron chi connectivity index (χ2n) is 6.49. The number of fused-ring (bicyclic) bond motifs is 2. The third-order valence-electron chi connectivity index (χ3n) is 4.56. The highest BCUT2D eigenvalue weighted by molar-refractivity contribution is 9.10. The summed E-state index contributed by atoms with van der Waals surface area (Å²) in [6.45, 7) is 2.92. The predicted octanol–water partition coefficient (Wildman–Crippen LogP) is 2.81. The predicted molar refractivity (Wildman–Crippen MR) is 108 cm³/mol. The fourth-order valence-corrected chi connectivity index (χ4v) is 3.87. The summed E-state index contributed by atoms with van der Waals surface area (Å²) < 4.78 is 13.6. The third kappa shape index (κ3) is 3.60. The summed E-state index contributed by atoms with van der Waals surface area (Å²) in [7, 11) is 0. The zero-order chi connectivity index (χ0) is 19.7. The first kappa shape index (κ1) is 18.5. The number of benzene rings is 2. The summed E-state index contributed by atoms with van der Waals surface area (Å²) in [4.78, 5) is 24.5. The van der Waals surface area contributed by atoms with Crippen LogP contribution in [0.25, 0.3) is 10.9 Å². The van der Waals surface area contributed by atoms with Gasteiger partial charge in [-0.25, -0.2) is 0 Å². The highest BCUT2D eigenvalue weighted by atomic mass is 79.9. The minimum absolute atomic E-state index is 0.00725. The van der Waals surface area contributed by atoms with E-state index in [1.807, 2.05) is 25.1 Å². The quantitative estimate of drug-likeness (QED) is 0.670. The number of nitrogens with zero attached hydrogens (tertiary/aromatic N) is 2. The van der Waals surface area contributed by atoms with Gasteiger partial charge in [-0.15, -0.1) is 0 Å². The second kappa shape index (κ2) is 7.63. The van der Waals surface area contributed by atoms with E-state index >= 15 is 0 Å². The van der Waals surface area contributed by atoms with Gasteiger partial charge in [-0.05, 0) is 36.8 Å². The van der Waals surface area contributed by atoms with Gasteiger partial charge >= 0.3 is 0 Å². The van der Waals surface area contributed by atoms with Crippen LogP contribution in [0.3, 0.4) is 0 Å². The van der Waals surface area contributed by atoms with Gasteiger partial charge < -0.3 is 14.8 Å². The van der Waals surface area contributed by atoms with Crippen molar-refractivity contribution in [3.63, 3.8) is 0 Å². The molecule has 7 nitrogen and oxygen atoms in total. The maximum absolute atomic E-state index is 12.6. The molecule has 0 spiro atoms. The number of carbonyl (C=O) groups excluding carboxylic acids is 1. The summed E-state index contributed by atoms with van der Waals surface area (Å²) in [6, 6.07) is 10.6. The lowest BCUT2D eigenvalue weighted by atomic mass is 10.1. The zero-order valence-corrected chi connectivity index (χ0v) is 16.7.